The Morgan fingerprint density at radius 3 is 2.46 bits per heavy atom. The average molecular weight is 352 g/mol. The number of ether oxygens (including phenoxy) is 1. The van der Waals surface area contributed by atoms with Crippen LogP contribution >= 0.6 is 0 Å². The number of aromatic nitrogens is 3. The summed E-state index contributed by atoms with van der Waals surface area (Å²) in [7, 11) is 0. The summed E-state index contributed by atoms with van der Waals surface area (Å²) >= 11 is 0. The van der Waals surface area contributed by atoms with Crippen LogP contribution in [0.1, 0.15) is 19.4 Å². The highest BCUT2D eigenvalue weighted by Gasteiger charge is 2.04. The molecule has 0 saturated carbocycles. The van der Waals surface area contributed by atoms with Crippen molar-refractivity contribution in [3.8, 4) is 17.0 Å². The van der Waals surface area contributed by atoms with E-state index in [1.165, 1.54) is 17.7 Å². The Bertz CT molecular complexity index is 835. The minimum Gasteiger partial charge on any atom is -0.491 e. The number of nitrogens with one attached hydrogen (secondary N) is 1. The van der Waals surface area contributed by atoms with Crippen LogP contribution < -0.4 is 10.1 Å². The zero-order chi connectivity index (χ0) is 18.4. The highest BCUT2D eigenvalue weighted by Crippen LogP contribution is 2.17. The molecule has 0 radical (unpaired) electrons. The summed E-state index contributed by atoms with van der Waals surface area (Å²) < 4.78 is 18.7. The first-order valence-electron chi connectivity index (χ1n) is 8.55. The van der Waals surface area contributed by atoms with E-state index in [1.54, 1.807) is 18.3 Å². The van der Waals surface area contributed by atoms with Crippen LogP contribution in [0.2, 0.25) is 0 Å². The molecule has 0 aliphatic rings. The van der Waals surface area contributed by atoms with Gasteiger partial charge >= 0.3 is 0 Å². The van der Waals surface area contributed by atoms with Crippen molar-refractivity contribution >= 4 is 5.95 Å². The molecular formula is C20H21FN4O. The van der Waals surface area contributed by atoms with Crippen LogP contribution in [0, 0.1) is 5.82 Å². The van der Waals surface area contributed by atoms with Gasteiger partial charge < -0.3 is 10.1 Å². The second-order valence-electron chi connectivity index (χ2n) is 6.16. The van der Waals surface area contributed by atoms with Crippen molar-refractivity contribution in [3.63, 3.8) is 0 Å². The first-order valence-corrected chi connectivity index (χ1v) is 8.55. The second kappa shape index (κ2) is 8.38. The van der Waals surface area contributed by atoms with Crippen LogP contribution in [0.25, 0.3) is 11.3 Å². The van der Waals surface area contributed by atoms with Crippen LogP contribution in [0.3, 0.4) is 0 Å². The lowest BCUT2D eigenvalue weighted by molar-refractivity contribution is 0.242. The lowest BCUT2D eigenvalue weighted by atomic mass is 10.1. The molecule has 0 bridgehead atoms. The lowest BCUT2D eigenvalue weighted by Gasteiger charge is -2.10. The maximum Gasteiger partial charge on any atom is 0.243 e. The average Bonchev–Trinajstić information content (AvgIpc) is 2.64. The maximum absolute atomic E-state index is 13.0. The standard InChI is InChI=1S/C20H21FN4O/c1-14(2)26-18-9-3-15(4-10-18)11-12-22-20-24-19(13-23-25-20)16-5-7-17(21)8-6-16/h3-10,13-14H,11-12H2,1-2H3,(H,22,24,25). The predicted molar refractivity (Wildman–Crippen MR) is 99.6 cm³/mol. The van der Waals surface area contributed by atoms with Gasteiger partial charge in [0, 0.05) is 12.1 Å². The van der Waals surface area contributed by atoms with Crippen LogP contribution in [0.15, 0.2) is 54.7 Å². The third kappa shape index (κ3) is 4.99. The second-order valence-corrected chi connectivity index (χ2v) is 6.16. The number of benzene rings is 2. The van der Waals surface area contributed by atoms with E-state index in [1.807, 2.05) is 38.1 Å². The molecule has 1 aromatic heterocycles. The molecule has 5 nitrogen and oxygen atoms in total. The lowest BCUT2D eigenvalue weighted by Crippen LogP contribution is -2.09. The molecule has 3 aromatic rings. The fourth-order valence-corrected chi connectivity index (χ4v) is 2.46. The van der Waals surface area contributed by atoms with Crippen molar-refractivity contribution in [2.24, 2.45) is 0 Å². The number of nitrogens with zero attached hydrogens (tertiary/aromatic N) is 3. The first-order chi connectivity index (χ1) is 12.6. The maximum atomic E-state index is 13.0. The Labute approximate surface area is 152 Å². The largest absolute Gasteiger partial charge is 0.491 e. The van der Waals surface area contributed by atoms with Crippen molar-refractivity contribution in [3.05, 3.63) is 66.1 Å². The molecule has 1 heterocycles. The summed E-state index contributed by atoms with van der Waals surface area (Å²) in [6.07, 6.45) is 2.55. The molecule has 1 N–H and O–H groups in total. The zero-order valence-electron chi connectivity index (χ0n) is 14.8. The van der Waals surface area contributed by atoms with Crippen molar-refractivity contribution in [1.29, 1.82) is 0 Å². The van der Waals surface area contributed by atoms with Crippen LogP contribution in [-0.2, 0) is 6.42 Å². The number of halogens is 1. The van der Waals surface area contributed by atoms with E-state index >= 15 is 0 Å². The van der Waals surface area contributed by atoms with E-state index in [2.05, 4.69) is 20.5 Å². The topological polar surface area (TPSA) is 59.9 Å². The van der Waals surface area contributed by atoms with E-state index in [9.17, 15) is 4.39 Å². The summed E-state index contributed by atoms with van der Waals surface area (Å²) in [5.41, 5.74) is 2.64. The highest BCUT2D eigenvalue weighted by atomic mass is 19.1. The van der Waals surface area contributed by atoms with Crippen molar-refractivity contribution in [1.82, 2.24) is 15.2 Å². The molecule has 0 amide bonds. The van der Waals surface area contributed by atoms with E-state index in [4.69, 9.17) is 4.74 Å². The van der Waals surface area contributed by atoms with Gasteiger partial charge in [-0.25, -0.2) is 9.37 Å². The molecule has 0 saturated heterocycles. The molecule has 0 spiro atoms. The minimum atomic E-state index is -0.279. The SMILES string of the molecule is CC(C)Oc1ccc(CCNc2nncc(-c3ccc(F)cc3)n2)cc1. The first kappa shape index (κ1) is 17.8. The third-order valence-electron chi connectivity index (χ3n) is 3.69. The van der Waals surface area contributed by atoms with Gasteiger partial charge in [0.1, 0.15) is 11.6 Å². The Kier molecular flexibility index (Phi) is 5.73. The van der Waals surface area contributed by atoms with E-state index in [0.717, 1.165) is 17.7 Å². The molecule has 0 fully saturated rings. The van der Waals surface area contributed by atoms with Crippen molar-refractivity contribution in [2.45, 2.75) is 26.4 Å². The Balaban J connectivity index is 1.56. The molecule has 134 valence electrons. The van der Waals surface area contributed by atoms with Gasteiger partial charge in [-0.1, -0.05) is 12.1 Å². The Morgan fingerprint density at radius 2 is 1.77 bits per heavy atom. The number of anilines is 1. The summed E-state index contributed by atoms with van der Waals surface area (Å²) in [4.78, 5) is 4.42. The fraction of sp³-hybridized carbons (Fsp3) is 0.250. The molecule has 2 aromatic carbocycles. The predicted octanol–water partition coefficient (Wildman–Crippen LogP) is 4.12. The summed E-state index contributed by atoms with van der Waals surface area (Å²) in [6.45, 7) is 4.69. The molecule has 0 aliphatic heterocycles. The summed E-state index contributed by atoms with van der Waals surface area (Å²) in [5.74, 6) is 1.04. The smallest absolute Gasteiger partial charge is 0.243 e. The molecule has 0 atom stereocenters. The quantitative estimate of drug-likeness (QED) is 0.693. The van der Waals surface area contributed by atoms with Crippen LogP contribution in [0.4, 0.5) is 10.3 Å². The Morgan fingerprint density at radius 1 is 1.04 bits per heavy atom. The van der Waals surface area contributed by atoms with Gasteiger partial charge in [-0.2, -0.15) is 5.10 Å². The van der Waals surface area contributed by atoms with Gasteiger partial charge in [0.2, 0.25) is 5.95 Å². The van der Waals surface area contributed by atoms with Crippen molar-refractivity contribution in [2.75, 3.05) is 11.9 Å². The van der Waals surface area contributed by atoms with E-state index in [-0.39, 0.29) is 11.9 Å². The highest BCUT2D eigenvalue weighted by molar-refractivity contribution is 5.58. The van der Waals surface area contributed by atoms with Gasteiger partial charge in [0.15, 0.2) is 0 Å². The van der Waals surface area contributed by atoms with Gasteiger partial charge in [0.25, 0.3) is 0 Å². The molecule has 0 aliphatic carbocycles. The number of hydrogen-bond donors (Lipinski definition) is 1. The van der Waals surface area contributed by atoms with Crippen LogP contribution in [-0.4, -0.2) is 27.8 Å². The van der Waals surface area contributed by atoms with Gasteiger partial charge in [0.05, 0.1) is 18.0 Å². The number of rotatable bonds is 7. The Hall–Kier alpha value is -3.02. The molecule has 0 unspecified atom stereocenters. The molecular weight excluding hydrogens is 331 g/mol. The third-order valence-corrected chi connectivity index (χ3v) is 3.69. The summed E-state index contributed by atoms with van der Waals surface area (Å²) in [6, 6.07) is 14.2. The van der Waals surface area contributed by atoms with Gasteiger partial charge in [-0.05, 0) is 62.2 Å². The zero-order valence-corrected chi connectivity index (χ0v) is 14.8. The van der Waals surface area contributed by atoms with Gasteiger partial charge in [-0.3, -0.25) is 0 Å². The van der Waals surface area contributed by atoms with E-state index < -0.39 is 0 Å². The van der Waals surface area contributed by atoms with Crippen molar-refractivity contribution < 1.29 is 9.13 Å². The molecule has 26 heavy (non-hydrogen) atoms. The normalized spacial score (nSPS) is 10.8. The summed E-state index contributed by atoms with van der Waals surface area (Å²) in [5, 5.41) is 11.1. The van der Waals surface area contributed by atoms with E-state index in [0.29, 0.717) is 18.2 Å². The molecule has 6 heteroatoms. The molecule has 3 rings (SSSR count). The van der Waals surface area contributed by atoms with Crippen LogP contribution in [0.5, 0.6) is 5.75 Å². The minimum absolute atomic E-state index is 0.167. The number of hydrogen-bond acceptors (Lipinski definition) is 5. The monoisotopic (exact) mass is 352 g/mol. The fourth-order valence-electron chi connectivity index (χ4n) is 2.46. The van der Waals surface area contributed by atoms with Gasteiger partial charge in [-0.15, -0.1) is 5.10 Å².